The first-order valence-electron chi connectivity index (χ1n) is 9.25. The van der Waals surface area contributed by atoms with Crippen molar-refractivity contribution in [2.75, 3.05) is 0 Å². The quantitative estimate of drug-likeness (QED) is 0.812. The molecule has 0 spiro atoms. The van der Waals surface area contributed by atoms with Crippen LogP contribution in [0, 0.1) is 22.2 Å². The summed E-state index contributed by atoms with van der Waals surface area (Å²) in [5, 5.41) is 19.4. The minimum atomic E-state index is -4.66. The summed E-state index contributed by atoms with van der Waals surface area (Å²) >= 11 is 0. The Balaban J connectivity index is 1.82. The summed E-state index contributed by atoms with van der Waals surface area (Å²) in [7, 11) is 0. The molecule has 3 rings (SSSR count). The van der Waals surface area contributed by atoms with Gasteiger partial charge in [-0.15, -0.1) is 5.10 Å². The number of nitriles is 1. The molecule has 0 unspecified atom stereocenters. The lowest BCUT2D eigenvalue weighted by Crippen LogP contribution is -2.74. The number of ether oxygens (including phenoxy) is 1. The lowest BCUT2D eigenvalue weighted by molar-refractivity contribution is -0.164. The van der Waals surface area contributed by atoms with E-state index in [1.165, 1.54) is 12.3 Å². The lowest BCUT2D eigenvalue weighted by Gasteiger charge is -2.63. The predicted molar refractivity (Wildman–Crippen MR) is 101 cm³/mol. The molecule has 158 valence electrons. The number of nitrogens with zero attached hydrogens (tertiary/aromatic N) is 3. The van der Waals surface area contributed by atoms with Gasteiger partial charge >= 0.3 is 6.18 Å². The monoisotopic (exact) mass is 418 g/mol. The molecule has 1 aliphatic carbocycles. The van der Waals surface area contributed by atoms with E-state index >= 15 is 0 Å². The van der Waals surface area contributed by atoms with Crippen molar-refractivity contribution < 1.29 is 22.7 Å². The van der Waals surface area contributed by atoms with Crippen LogP contribution in [0.3, 0.4) is 0 Å². The molecule has 1 fully saturated rings. The van der Waals surface area contributed by atoms with Crippen LogP contribution in [-0.2, 0) is 6.18 Å². The Morgan fingerprint density at radius 1 is 1.20 bits per heavy atom. The molecule has 1 saturated carbocycles. The molecule has 1 aromatic carbocycles. The Kier molecular flexibility index (Phi) is 5.23. The SMILES string of the molecule is CC1(C)[C@H](NC(=O)c2cccnn2)C(C)(C)[C@H]1Oc1ccc(C#N)c(C(F)(F)F)c1. The van der Waals surface area contributed by atoms with Gasteiger partial charge in [0.05, 0.1) is 17.2 Å². The van der Waals surface area contributed by atoms with E-state index in [4.69, 9.17) is 10.00 Å². The topological polar surface area (TPSA) is 87.9 Å². The van der Waals surface area contributed by atoms with E-state index in [0.717, 1.165) is 12.1 Å². The molecular formula is C21H21F3N4O2. The van der Waals surface area contributed by atoms with Crippen LogP contribution in [0.4, 0.5) is 13.2 Å². The number of rotatable bonds is 4. The summed E-state index contributed by atoms with van der Waals surface area (Å²) in [6.45, 7) is 7.50. The van der Waals surface area contributed by atoms with Crippen LogP contribution >= 0.6 is 0 Å². The summed E-state index contributed by atoms with van der Waals surface area (Å²) in [6, 6.07) is 7.69. The maximum atomic E-state index is 13.3. The molecule has 0 saturated heterocycles. The second-order valence-electron chi connectivity index (χ2n) is 8.47. The van der Waals surface area contributed by atoms with Crippen molar-refractivity contribution in [1.29, 1.82) is 5.26 Å². The van der Waals surface area contributed by atoms with Crippen molar-refractivity contribution >= 4 is 5.91 Å². The first-order chi connectivity index (χ1) is 13.9. The van der Waals surface area contributed by atoms with E-state index in [1.54, 1.807) is 18.2 Å². The van der Waals surface area contributed by atoms with E-state index in [1.807, 2.05) is 27.7 Å². The van der Waals surface area contributed by atoms with Gasteiger partial charge in [-0.05, 0) is 30.3 Å². The predicted octanol–water partition coefficient (Wildman–Crippen LogP) is 3.98. The fourth-order valence-electron chi connectivity index (χ4n) is 4.49. The Labute approximate surface area is 172 Å². The van der Waals surface area contributed by atoms with Gasteiger partial charge in [0.2, 0.25) is 0 Å². The summed E-state index contributed by atoms with van der Waals surface area (Å²) < 4.78 is 45.7. The van der Waals surface area contributed by atoms with Gasteiger partial charge in [-0.2, -0.15) is 23.5 Å². The van der Waals surface area contributed by atoms with Crippen LogP contribution in [-0.4, -0.2) is 28.3 Å². The number of amides is 1. The average Bonchev–Trinajstić information content (AvgIpc) is 2.69. The van der Waals surface area contributed by atoms with Crippen LogP contribution in [0.15, 0.2) is 36.5 Å². The van der Waals surface area contributed by atoms with E-state index in [-0.39, 0.29) is 23.4 Å². The first-order valence-corrected chi connectivity index (χ1v) is 9.25. The number of hydrogen-bond acceptors (Lipinski definition) is 5. The van der Waals surface area contributed by atoms with Crippen molar-refractivity contribution in [3.05, 3.63) is 53.3 Å². The van der Waals surface area contributed by atoms with Gasteiger partial charge in [0, 0.05) is 23.1 Å². The third-order valence-corrected chi connectivity index (χ3v) is 5.59. The van der Waals surface area contributed by atoms with Gasteiger partial charge in [0.15, 0.2) is 5.69 Å². The van der Waals surface area contributed by atoms with Gasteiger partial charge in [-0.25, -0.2) is 0 Å². The van der Waals surface area contributed by atoms with E-state index < -0.39 is 34.2 Å². The zero-order valence-corrected chi connectivity index (χ0v) is 16.9. The standard InChI is InChI=1S/C21H21F3N4O2/c1-19(2)17(27-16(29)15-6-5-9-26-28-15)20(3,4)18(19)30-13-8-7-12(11-25)14(10-13)21(22,23)24/h5-10,17-18H,1-4H3,(H,27,29)/t17-,18-. The van der Waals surface area contributed by atoms with E-state index in [9.17, 15) is 18.0 Å². The van der Waals surface area contributed by atoms with Gasteiger partial charge < -0.3 is 10.1 Å². The van der Waals surface area contributed by atoms with Gasteiger partial charge in [-0.3, -0.25) is 4.79 Å². The fourth-order valence-corrected chi connectivity index (χ4v) is 4.49. The van der Waals surface area contributed by atoms with Gasteiger partial charge in [-0.1, -0.05) is 27.7 Å². The first kappa shape index (κ1) is 21.6. The average molecular weight is 418 g/mol. The number of carbonyl (C=O) groups is 1. The molecule has 1 aromatic heterocycles. The molecule has 0 radical (unpaired) electrons. The van der Waals surface area contributed by atoms with Crippen molar-refractivity contribution in [2.24, 2.45) is 10.8 Å². The van der Waals surface area contributed by atoms with Crippen LogP contribution in [0.25, 0.3) is 0 Å². The van der Waals surface area contributed by atoms with Crippen LogP contribution in [0.1, 0.15) is 49.3 Å². The molecule has 0 aliphatic heterocycles. The molecule has 0 atom stereocenters. The highest BCUT2D eigenvalue weighted by Gasteiger charge is 2.64. The number of aromatic nitrogens is 2. The van der Waals surface area contributed by atoms with Crippen LogP contribution in [0.2, 0.25) is 0 Å². The number of halogens is 3. The third-order valence-electron chi connectivity index (χ3n) is 5.59. The van der Waals surface area contributed by atoms with E-state index in [0.29, 0.717) is 0 Å². The summed E-state index contributed by atoms with van der Waals surface area (Å²) in [5.41, 5.74) is -2.47. The second-order valence-corrected chi connectivity index (χ2v) is 8.47. The largest absolute Gasteiger partial charge is 0.489 e. The Hall–Kier alpha value is -3.15. The van der Waals surface area contributed by atoms with Crippen LogP contribution < -0.4 is 10.1 Å². The molecule has 9 heteroatoms. The van der Waals surface area contributed by atoms with Crippen molar-refractivity contribution in [2.45, 2.75) is 46.0 Å². The Morgan fingerprint density at radius 3 is 2.40 bits per heavy atom. The summed E-state index contributed by atoms with van der Waals surface area (Å²) in [4.78, 5) is 12.5. The summed E-state index contributed by atoms with van der Waals surface area (Å²) in [5.74, 6) is -0.364. The van der Waals surface area contributed by atoms with Gasteiger partial charge in [0.1, 0.15) is 11.9 Å². The molecule has 0 bridgehead atoms. The highest BCUT2D eigenvalue weighted by Crippen LogP contribution is 2.55. The number of nitrogens with one attached hydrogen (secondary N) is 1. The number of carbonyl (C=O) groups excluding carboxylic acids is 1. The smallest absolute Gasteiger partial charge is 0.417 e. The lowest BCUT2D eigenvalue weighted by atomic mass is 9.49. The highest BCUT2D eigenvalue weighted by molar-refractivity contribution is 5.92. The zero-order chi connectivity index (χ0) is 22.3. The van der Waals surface area contributed by atoms with Gasteiger partial charge in [0.25, 0.3) is 5.91 Å². The van der Waals surface area contributed by atoms with Crippen LogP contribution in [0.5, 0.6) is 5.75 Å². The zero-order valence-electron chi connectivity index (χ0n) is 16.9. The number of alkyl halides is 3. The second kappa shape index (κ2) is 7.27. The number of benzene rings is 1. The van der Waals surface area contributed by atoms with Crippen molar-refractivity contribution in [1.82, 2.24) is 15.5 Å². The fraction of sp³-hybridized carbons (Fsp3) is 0.429. The van der Waals surface area contributed by atoms with Crippen molar-refractivity contribution in [3.63, 3.8) is 0 Å². The highest BCUT2D eigenvalue weighted by atomic mass is 19.4. The molecule has 6 nitrogen and oxygen atoms in total. The van der Waals surface area contributed by atoms with E-state index in [2.05, 4.69) is 15.5 Å². The molecule has 1 N–H and O–H groups in total. The molecular weight excluding hydrogens is 397 g/mol. The maximum Gasteiger partial charge on any atom is 0.417 e. The molecule has 30 heavy (non-hydrogen) atoms. The molecule has 1 amide bonds. The van der Waals surface area contributed by atoms with Crippen molar-refractivity contribution in [3.8, 4) is 11.8 Å². The minimum Gasteiger partial charge on any atom is -0.489 e. The Bertz CT molecular complexity index is 982. The molecule has 1 heterocycles. The molecule has 1 aliphatic rings. The molecule has 2 aromatic rings. The number of hydrogen-bond donors (Lipinski definition) is 1. The maximum absolute atomic E-state index is 13.3. The minimum absolute atomic E-state index is 0.0196. The normalized spacial score (nSPS) is 21.8. The summed E-state index contributed by atoms with van der Waals surface area (Å²) in [6.07, 6.45) is -3.68. The Morgan fingerprint density at radius 2 is 1.87 bits per heavy atom. The third kappa shape index (κ3) is 3.70.